The van der Waals surface area contributed by atoms with Gasteiger partial charge in [0, 0.05) is 25.2 Å². The number of hydrogen-bond acceptors (Lipinski definition) is 4. The van der Waals surface area contributed by atoms with Crippen LogP contribution >= 0.6 is 0 Å². The van der Waals surface area contributed by atoms with Crippen molar-refractivity contribution in [3.63, 3.8) is 0 Å². The summed E-state index contributed by atoms with van der Waals surface area (Å²) in [6.45, 7) is 11.4. The standard InChI is InChI=1S/C16H27N3O/c1-5-20-13-9-11-19(12-10-13)15-8-6-7-14(17-15)18-16(2,3)4/h6-8,13H,5,9-12H2,1-4H3,(H,17,18). The summed E-state index contributed by atoms with van der Waals surface area (Å²) in [6, 6.07) is 6.20. The fraction of sp³-hybridized carbons (Fsp3) is 0.688. The lowest BCUT2D eigenvalue weighted by molar-refractivity contribution is 0.0458. The normalized spacial score (nSPS) is 17.3. The fourth-order valence-corrected chi connectivity index (χ4v) is 2.54. The number of anilines is 2. The van der Waals surface area contributed by atoms with Crippen LogP contribution in [0.1, 0.15) is 40.5 Å². The maximum atomic E-state index is 5.70. The summed E-state index contributed by atoms with van der Waals surface area (Å²) in [5.41, 5.74) is 0.0353. The van der Waals surface area contributed by atoms with Crippen LogP contribution < -0.4 is 10.2 Å². The van der Waals surface area contributed by atoms with Crippen LogP contribution in [-0.2, 0) is 4.74 Å². The first kappa shape index (κ1) is 15.1. The molecule has 20 heavy (non-hydrogen) atoms. The molecule has 1 aliphatic rings. The van der Waals surface area contributed by atoms with Crippen LogP contribution in [0.3, 0.4) is 0 Å². The lowest BCUT2D eigenvalue weighted by Gasteiger charge is -2.33. The number of pyridine rings is 1. The molecule has 4 nitrogen and oxygen atoms in total. The van der Waals surface area contributed by atoms with Gasteiger partial charge in [0.25, 0.3) is 0 Å². The maximum Gasteiger partial charge on any atom is 0.130 e. The van der Waals surface area contributed by atoms with Crippen LogP contribution in [0.5, 0.6) is 0 Å². The molecule has 0 unspecified atom stereocenters. The molecule has 0 aliphatic carbocycles. The Hall–Kier alpha value is -1.29. The second-order valence-electron chi connectivity index (χ2n) is 6.40. The Labute approximate surface area is 122 Å². The van der Waals surface area contributed by atoms with Gasteiger partial charge >= 0.3 is 0 Å². The van der Waals surface area contributed by atoms with Crippen molar-refractivity contribution in [2.24, 2.45) is 0 Å². The highest BCUT2D eigenvalue weighted by Crippen LogP contribution is 2.22. The van der Waals surface area contributed by atoms with Gasteiger partial charge in [-0.05, 0) is 52.7 Å². The van der Waals surface area contributed by atoms with Crippen molar-refractivity contribution in [3.8, 4) is 0 Å². The Morgan fingerprint density at radius 3 is 2.60 bits per heavy atom. The van der Waals surface area contributed by atoms with E-state index in [1.54, 1.807) is 0 Å². The second-order valence-corrected chi connectivity index (χ2v) is 6.40. The number of aromatic nitrogens is 1. The Morgan fingerprint density at radius 2 is 2.00 bits per heavy atom. The molecule has 1 aromatic heterocycles. The quantitative estimate of drug-likeness (QED) is 0.916. The topological polar surface area (TPSA) is 37.4 Å². The zero-order valence-electron chi connectivity index (χ0n) is 13.1. The van der Waals surface area contributed by atoms with Crippen molar-refractivity contribution in [3.05, 3.63) is 18.2 Å². The van der Waals surface area contributed by atoms with E-state index in [1.807, 2.05) is 6.07 Å². The first-order valence-electron chi connectivity index (χ1n) is 7.60. The largest absolute Gasteiger partial charge is 0.378 e. The van der Waals surface area contributed by atoms with E-state index in [0.29, 0.717) is 6.10 Å². The van der Waals surface area contributed by atoms with Crippen molar-refractivity contribution >= 4 is 11.6 Å². The molecular weight excluding hydrogens is 250 g/mol. The summed E-state index contributed by atoms with van der Waals surface area (Å²) in [5.74, 6) is 2.01. The minimum absolute atomic E-state index is 0.0353. The van der Waals surface area contributed by atoms with Gasteiger partial charge in [-0.25, -0.2) is 4.98 Å². The van der Waals surface area contributed by atoms with Gasteiger partial charge in [0.1, 0.15) is 11.6 Å². The minimum Gasteiger partial charge on any atom is -0.378 e. The fourth-order valence-electron chi connectivity index (χ4n) is 2.54. The van der Waals surface area contributed by atoms with Crippen molar-refractivity contribution in [1.82, 2.24) is 4.98 Å². The number of rotatable bonds is 4. The molecule has 1 aliphatic heterocycles. The molecule has 1 saturated heterocycles. The predicted molar refractivity (Wildman–Crippen MR) is 84.5 cm³/mol. The Kier molecular flexibility index (Phi) is 4.86. The molecule has 0 saturated carbocycles. The van der Waals surface area contributed by atoms with E-state index in [4.69, 9.17) is 9.72 Å². The number of ether oxygens (including phenoxy) is 1. The molecule has 1 fully saturated rings. The number of nitrogens with zero attached hydrogens (tertiary/aromatic N) is 2. The summed E-state index contributed by atoms with van der Waals surface area (Å²) >= 11 is 0. The summed E-state index contributed by atoms with van der Waals surface area (Å²) in [6.07, 6.45) is 2.60. The summed E-state index contributed by atoms with van der Waals surface area (Å²) < 4.78 is 5.70. The van der Waals surface area contributed by atoms with E-state index in [0.717, 1.165) is 44.2 Å². The van der Waals surface area contributed by atoms with Gasteiger partial charge in [0.15, 0.2) is 0 Å². The van der Waals surface area contributed by atoms with Gasteiger partial charge in [0.05, 0.1) is 6.10 Å². The zero-order chi connectivity index (χ0) is 14.6. The molecule has 112 valence electrons. The number of nitrogens with one attached hydrogen (secondary N) is 1. The first-order valence-corrected chi connectivity index (χ1v) is 7.60. The Morgan fingerprint density at radius 1 is 1.30 bits per heavy atom. The summed E-state index contributed by atoms with van der Waals surface area (Å²) in [4.78, 5) is 7.08. The van der Waals surface area contributed by atoms with Crippen LogP contribution in [0.4, 0.5) is 11.6 Å². The first-order chi connectivity index (χ1) is 9.48. The average molecular weight is 277 g/mol. The van der Waals surface area contributed by atoms with Crippen molar-refractivity contribution in [2.75, 3.05) is 29.9 Å². The maximum absolute atomic E-state index is 5.70. The van der Waals surface area contributed by atoms with E-state index in [9.17, 15) is 0 Å². The van der Waals surface area contributed by atoms with E-state index in [2.05, 4.69) is 50.0 Å². The van der Waals surface area contributed by atoms with E-state index in [-0.39, 0.29) is 5.54 Å². The Balaban J connectivity index is 1.98. The third-order valence-electron chi connectivity index (χ3n) is 3.41. The number of hydrogen-bond donors (Lipinski definition) is 1. The van der Waals surface area contributed by atoms with Crippen LogP contribution in [0, 0.1) is 0 Å². The smallest absolute Gasteiger partial charge is 0.130 e. The predicted octanol–water partition coefficient (Wildman–Crippen LogP) is 3.30. The van der Waals surface area contributed by atoms with Crippen LogP contribution in [0.15, 0.2) is 18.2 Å². The lowest BCUT2D eigenvalue weighted by atomic mass is 10.1. The molecule has 0 bridgehead atoms. The highest BCUT2D eigenvalue weighted by Gasteiger charge is 2.20. The lowest BCUT2D eigenvalue weighted by Crippen LogP contribution is -2.37. The van der Waals surface area contributed by atoms with Gasteiger partial charge in [-0.3, -0.25) is 0 Å². The van der Waals surface area contributed by atoms with Crippen molar-refractivity contribution in [1.29, 1.82) is 0 Å². The molecular formula is C16H27N3O. The molecule has 0 amide bonds. The molecule has 1 N–H and O–H groups in total. The second kappa shape index (κ2) is 6.44. The molecule has 0 radical (unpaired) electrons. The van der Waals surface area contributed by atoms with Gasteiger partial charge in [-0.2, -0.15) is 0 Å². The molecule has 0 spiro atoms. The van der Waals surface area contributed by atoms with Crippen LogP contribution in [0.25, 0.3) is 0 Å². The zero-order valence-corrected chi connectivity index (χ0v) is 13.1. The molecule has 1 aromatic rings. The average Bonchev–Trinajstić information content (AvgIpc) is 2.38. The summed E-state index contributed by atoms with van der Waals surface area (Å²) in [5, 5.41) is 3.43. The number of piperidine rings is 1. The van der Waals surface area contributed by atoms with E-state index in [1.165, 1.54) is 0 Å². The SMILES string of the molecule is CCOC1CCN(c2cccc(NC(C)(C)C)n2)CC1. The van der Waals surface area contributed by atoms with Gasteiger partial charge in [-0.1, -0.05) is 6.07 Å². The van der Waals surface area contributed by atoms with Crippen LogP contribution in [-0.4, -0.2) is 36.3 Å². The molecule has 2 heterocycles. The van der Waals surface area contributed by atoms with Crippen molar-refractivity contribution in [2.45, 2.75) is 52.2 Å². The highest BCUT2D eigenvalue weighted by molar-refractivity contribution is 5.48. The van der Waals surface area contributed by atoms with E-state index >= 15 is 0 Å². The van der Waals surface area contributed by atoms with Gasteiger partial charge < -0.3 is 15.0 Å². The van der Waals surface area contributed by atoms with Crippen LogP contribution in [0.2, 0.25) is 0 Å². The highest BCUT2D eigenvalue weighted by atomic mass is 16.5. The minimum atomic E-state index is 0.0353. The van der Waals surface area contributed by atoms with Crippen molar-refractivity contribution < 1.29 is 4.74 Å². The third kappa shape index (κ3) is 4.37. The molecule has 2 rings (SSSR count). The monoisotopic (exact) mass is 277 g/mol. The third-order valence-corrected chi connectivity index (χ3v) is 3.41. The summed E-state index contributed by atoms with van der Waals surface area (Å²) in [7, 11) is 0. The van der Waals surface area contributed by atoms with Gasteiger partial charge in [-0.15, -0.1) is 0 Å². The molecule has 0 aromatic carbocycles. The van der Waals surface area contributed by atoms with Gasteiger partial charge in [0.2, 0.25) is 0 Å². The Bertz CT molecular complexity index is 420. The molecule has 4 heteroatoms. The molecule has 0 atom stereocenters. The van der Waals surface area contributed by atoms with E-state index < -0.39 is 0 Å².